The van der Waals surface area contributed by atoms with E-state index in [-0.39, 0.29) is 25.0 Å². The molecule has 0 unspecified atom stereocenters. The Hall–Kier alpha value is -3.79. The minimum absolute atomic E-state index is 0.0601. The number of rotatable bonds is 7. The third kappa shape index (κ3) is 4.62. The van der Waals surface area contributed by atoms with Crippen molar-refractivity contribution in [2.24, 2.45) is 0 Å². The van der Waals surface area contributed by atoms with Crippen LogP contribution in [0.3, 0.4) is 0 Å². The molecule has 1 aromatic heterocycles. The molecule has 0 saturated carbocycles. The number of aldehydes is 1. The number of fused-ring (bicyclic) bond motifs is 1. The summed E-state index contributed by atoms with van der Waals surface area (Å²) in [5.74, 6) is 0.662. The smallest absolute Gasteiger partial charge is 0.322 e. The number of hydrogen-bond donors (Lipinski definition) is 2. The molecule has 9 nitrogen and oxygen atoms in total. The number of anilines is 3. The summed E-state index contributed by atoms with van der Waals surface area (Å²) < 4.78 is 4.24. The summed E-state index contributed by atoms with van der Waals surface area (Å²) in [4.78, 5) is 44.1. The monoisotopic (exact) mass is 478 g/mol. The van der Waals surface area contributed by atoms with Crippen LogP contribution in [0.1, 0.15) is 17.0 Å². The molecule has 3 amide bonds. The van der Waals surface area contributed by atoms with E-state index < -0.39 is 0 Å². The highest BCUT2D eigenvalue weighted by Gasteiger charge is 2.29. The van der Waals surface area contributed by atoms with E-state index in [1.807, 2.05) is 38.1 Å². The molecule has 1 aliphatic heterocycles. The van der Waals surface area contributed by atoms with Gasteiger partial charge in [-0.05, 0) is 55.6 Å². The maximum Gasteiger partial charge on any atom is 0.322 e. The molecule has 0 fully saturated rings. The van der Waals surface area contributed by atoms with Crippen molar-refractivity contribution in [3.8, 4) is 10.6 Å². The molecule has 3 aromatic rings. The summed E-state index contributed by atoms with van der Waals surface area (Å²) in [6.45, 7) is 4.42. The second kappa shape index (κ2) is 10.0. The molecule has 176 valence electrons. The van der Waals surface area contributed by atoms with E-state index in [9.17, 15) is 14.4 Å². The molecule has 34 heavy (non-hydrogen) atoms. The van der Waals surface area contributed by atoms with Gasteiger partial charge in [-0.3, -0.25) is 9.69 Å². The number of amides is 3. The third-order valence-corrected chi connectivity index (χ3v) is 6.61. The molecule has 1 aliphatic rings. The van der Waals surface area contributed by atoms with Crippen molar-refractivity contribution < 1.29 is 14.4 Å². The lowest BCUT2D eigenvalue weighted by atomic mass is 10.1. The van der Waals surface area contributed by atoms with Gasteiger partial charge in [-0.15, -0.1) is 0 Å². The zero-order valence-electron chi connectivity index (χ0n) is 19.3. The normalized spacial score (nSPS) is 12.3. The zero-order chi connectivity index (χ0) is 24.2. The van der Waals surface area contributed by atoms with Crippen molar-refractivity contribution >= 4 is 46.8 Å². The van der Waals surface area contributed by atoms with Crippen LogP contribution in [0.5, 0.6) is 0 Å². The lowest BCUT2D eigenvalue weighted by Crippen LogP contribution is -2.39. The van der Waals surface area contributed by atoms with Crippen molar-refractivity contribution in [1.29, 1.82) is 0 Å². The second-order valence-electron chi connectivity index (χ2n) is 7.93. The molecule has 2 heterocycles. The lowest BCUT2D eigenvalue weighted by molar-refractivity contribution is -0.116. The maximum atomic E-state index is 13.1. The Kier molecular flexibility index (Phi) is 6.87. The van der Waals surface area contributed by atoms with E-state index in [0.717, 1.165) is 38.9 Å². The first-order valence-corrected chi connectivity index (χ1v) is 11.7. The van der Waals surface area contributed by atoms with Gasteiger partial charge >= 0.3 is 6.03 Å². The molecule has 10 heteroatoms. The van der Waals surface area contributed by atoms with Crippen LogP contribution < -0.4 is 20.4 Å². The molecular weight excluding hydrogens is 452 g/mol. The molecule has 0 aliphatic carbocycles. The van der Waals surface area contributed by atoms with Crippen molar-refractivity contribution in [2.45, 2.75) is 20.3 Å². The van der Waals surface area contributed by atoms with Crippen LogP contribution in [0, 0.1) is 13.8 Å². The van der Waals surface area contributed by atoms with Gasteiger partial charge in [0.15, 0.2) is 0 Å². The Bertz CT molecular complexity index is 1240. The fourth-order valence-electron chi connectivity index (χ4n) is 4.05. The van der Waals surface area contributed by atoms with Crippen LogP contribution >= 0.6 is 11.5 Å². The highest BCUT2D eigenvalue weighted by molar-refractivity contribution is 7.09. The third-order valence-electron chi connectivity index (χ3n) is 5.75. The average molecular weight is 479 g/mol. The first-order chi connectivity index (χ1) is 16.4. The number of aromatic nitrogens is 2. The summed E-state index contributed by atoms with van der Waals surface area (Å²) in [7, 11) is 1.52. The highest BCUT2D eigenvalue weighted by atomic mass is 32.1. The van der Waals surface area contributed by atoms with Gasteiger partial charge in [0.1, 0.15) is 17.1 Å². The Labute approximate surface area is 202 Å². The number of hydrogen-bond acceptors (Lipinski definition) is 7. The van der Waals surface area contributed by atoms with E-state index in [2.05, 4.69) is 20.0 Å². The first-order valence-electron chi connectivity index (χ1n) is 10.9. The minimum Gasteiger partial charge on any atom is -0.376 e. The molecular formula is C24H26N6O3S. The van der Waals surface area contributed by atoms with Crippen molar-refractivity contribution in [2.75, 3.05) is 41.8 Å². The largest absolute Gasteiger partial charge is 0.376 e. The fourth-order valence-corrected chi connectivity index (χ4v) is 4.72. The Morgan fingerprint density at radius 2 is 2.06 bits per heavy atom. The lowest BCUT2D eigenvalue weighted by Gasteiger charge is -2.23. The molecule has 0 bridgehead atoms. The van der Waals surface area contributed by atoms with Gasteiger partial charge in [-0.25, -0.2) is 9.78 Å². The number of nitrogens with zero attached hydrogens (tertiary/aromatic N) is 4. The SMILES string of the molecule is CNC(=O)N(CC=O)c1cccc2c1CCN2C(=O)CNc1cc(-c2nc(C)ns2)ccc1C. The van der Waals surface area contributed by atoms with Crippen LogP contribution in [0.2, 0.25) is 0 Å². The maximum absolute atomic E-state index is 13.1. The Morgan fingerprint density at radius 1 is 1.24 bits per heavy atom. The minimum atomic E-state index is -0.368. The molecule has 2 aromatic carbocycles. The van der Waals surface area contributed by atoms with Gasteiger partial charge in [0, 0.05) is 36.1 Å². The molecule has 0 spiro atoms. The zero-order valence-corrected chi connectivity index (χ0v) is 20.1. The van der Waals surface area contributed by atoms with Gasteiger partial charge in [-0.2, -0.15) is 4.37 Å². The van der Waals surface area contributed by atoms with E-state index in [1.54, 1.807) is 17.0 Å². The summed E-state index contributed by atoms with van der Waals surface area (Å²) in [5.41, 5.74) is 5.13. The van der Waals surface area contributed by atoms with Gasteiger partial charge in [-0.1, -0.05) is 18.2 Å². The molecule has 0 radical (unpaired) electrons. The number of carbonyl (C=O) groups excluding carboxylic acids is 3. The van der Waals surface area contributed by atoms with Crippen LogP contribution in [0.25, 0.3) is 10.6 Å². The average Bonchev–Trinajstić information content (AvgIpc) is 3.48. The molecule has 0 atom stereocenters. The predicted molar refractivity (Wildman–Crippen MR) is 134 cm³/mol. The first kappa shape index (κ1) is 23.4. The summed E-state index contributed by atoms with van der Waals surface area (Å²) >= 11 is 1.35. The van der Waals surface area contributed by atoms with E-state index >= 15 is 0 Å². The van der Waals surface area contributed by atoms with E-state index in [4.69, 9.17) is 0 Å². The summed E-state index contributed by atoms with van der Waals surface area (Å²) in [6, 6.07) is 11.1. The standard InChI is InChI=1S/C24H26N6O3S/c1-15-7-8-17(23-27-16(2)28-34-23)13-19(15)26-14-22(32)29-10-9-18-20(29)5-4-6-21(18)30(11-12-31)24(33)25-3/h4-8,12-13,26H,9-11,14H2,1-3H3,(H,25,33). The topological polar surface area (TPSA) is 108 Å². The second-order valence-corrected chi connectivity index (χ2v) is 8.68. The predicted octanol–water partition coefficient (Wildman–Crippen LogP) is 3.17. The van der Waals surface area contributed by atoms with Gasteiger partial charge in [0.25, 0.3) is 0 Å². The number of aryl methyl sites for hydroxylation is 2. The summed E-state index contributed by atoms with van der Waals surface area (Å²) in [6.07, 6.45) is 1.30. The van der Waals surface area contributed by atoms with Crippen molar-refractivity contribution in [3.05, 3.63) is 53.3 Å². The van der Waals surface area contributed by atoms with Crippen LogP contribution in [0.4, 0.5) is 21.9 Å². The number of carbonyl (C=O) groups is 3. The number of nitrogens with one attached hydrogen (secondary N) is 2. The van der Waals surface area contributed by atoms with Gasteiger partial charge < -0.3 is 20.3 Å². The number of urea groups is 1. The Morgan fingerprint density at radius 3 is 2.76 bits per heavy atom. The van der Waals surface area contributed by atoms with Crippen molar-refractivity contribution in [1.82, 2.24) is 14.7 Å². The quantitative estimate of drug-likeness (QED) is 0.505. The van der Waals surface area contributed by atoms with E-state index in [0.29, 0.717) is 24.9 Å². The number of benzene rings is 2. The highest BCUT2D eigenvalue weighted by Crippen LogP contribution is 2.36. The van der Waals surface area contributed by atoms with Crippen molar-refractivity contribution in [3.63, 3.8) is 0 Å². The van der Waals surface area contributed by atoms with Gasteiger partial charge in [0.2, 0.25) is 5.91 Å². The Balaban J connectivity index is 1.51. The molecule has 0 saturated heterocycles. The van der Waals surface area contributed by atoms with Crippen LogP contribution in [0.15, 0.2) is 36.4 Å². The molecule has 2 N–H and O–H groups in total. The van der Waals surface area contributed by atoms with Gasteiger partial charge in [0.05, 0.1) is 18.8 Å². The summed E-state index contributed by atoms with van der Waals surface area (Å²) in [5, 5.41) is 6.67. The fraction of sp³-hybridized carbons (Fsp3) is 0.292. The van der Waals surface area contributed by atoms with Crippen LogP contribution in [-0.4, -0.2) is 54.3 Å². The molecule has 4 rings (SSSR count). The van der Waals surface area contributed by atoms with E-state index in [1.165, 1.54) is 23.5 Å². The van der Waals surface area contributed by atoms with Crippen LogP contribution in [-0.2, 0) is 16.0 Å².